The van der Waals surface area contributed by atoms with Crippen molar-refractivity contribution in [3.63, 3.8) is 0 Å². The molecule has 0 radical (unpaired) electrons. The standard InChI is InChI=1S/C22H30F2/c1-7-9-11-12-16(3)21-18(14-17(23)15-20(21)24)19(13-10-8-2)22(4,5)6/h7,9-13,15,18-19H,3,8,14H2,1-2,4-6H3/b9-7-,12-11-,13-10?. The highest BCUT2D eigenvalue weighted by Gasteiger charge is 2.36. The fraction of sp³-hybridized carbons (Fsp3) is 0.455. The van der Waals surface area contributed by atoms with E-state index in [1.54, 1.807) is 6.08 Å². The summed E-state index contributed by atoms with van der Waals surface area (Å²) in [4.78, 5) is 0. The number of halogens is 2. The first-order chi connectivity index (χ1) is 11.2. The molecule has 24 heavy (non-hydrogen) atoms. The lowest BCUT2D eigenvalue weighted by Crippen LogP contribution is -2.30. The molecule has 0 saturated carbocycles. The highest BCUT2D eigenvalue weighted by molar-refractivity contribution is 5.47. The summed E-state index contributed by atoms with van der Waals surface area (Å²) in [5.74, 6) is -1.12. The fourth-order valence-corrected chi connectivity index (χ4v) is 3.14. The van der Waals surface area contributed by atoms with Gasteiger partial charge < -0.3 is 0 Å². The van der Waals surface area contributed by atoms with Gasteiger partial charge in [-0.05, 0) is 35.8 Å². The van der Waals surface area contributed by atoms with E-state index in [9.17, 15) is 8.78 Å². The molecule has 0 aromatic carbocycles. The summed E-state index contributed by atoms with van der Waals surface area (Å²) in [6.07, 6.45) is 13.7. The number of hydrogen-bond donors (Lipinski definition) is 0. The van der Waals surface area contributed by atoms with Crippen LogP contribution < -0.4 is 0 Å². The van der Waals surface area contributed by atoms with Crippen LogP contribution in [-0.2, 0) is 0 Å². The van der Waals surface area contributed by atoms with Crippen LogP contribution in [0.3, 0.4) is 0 Å². The van der Waals surface area contributed by atoms with Gasteiger partial charge in [-0.15, -0.1) is 0 Å². The summed E-state index contributed by atoms with van der Waals surface area (Å²) in [5.41, 5.74) is 1.03. The molecule has 1 rings (SSSR count). The van der Waals surface area contributed by atoms with Gasteiger partial charge in [-0.3, -0.25) is 0 Å². The maximum absolute atomic E-state index is 14.6. The molecular weight excluding hydrogens is 302 g/mol. The summed E-state index contributed by atoms with van der Waals surface area (Å²) in [5, 5.41) is 0. The van der Waals surface area contributed by atoms with E-state index < -0.39 is 11.7 Å². The third-order valence-corrected chi connectivity index (χ3v) is 4.29. The zero-order chi connectivity index (χ0) is 18.3. The summed E-state index contributed by atoms with van der Waals surface area (Å²) >= 11 is 0. The Hall–Kier alpha value is -1.70. The Bertz CT molecular complexity index is 592. The second-order valence-electron chi connectivity index (χ2n) is 7.30. The third kappa shape index (κ3) is 5.43. The van der Waals surface area contributed by atoms with Crippen molar-refractivity contribution >= 4 is 0 Å². The van der Waals surface area contributed by atoms with Crippen molar-refractivity contribution in [2.75, 3.05) is 0 Å². The van der Waals surface area contributed by atoms with E-state index in [1.165, 1.54) is 0 Å². The van der Waals surface area contributed by atoms with Crippen molar-refractivity contribution in [2.24, 2.45) is 17.3 Å². The first-order valence-electron chi connectivity index (χ1n) is 8.63. The molecule has 0 aromatic rings. The fourth-order valence-electron chi connectivity index (χ4n) is 3.14. The average Bonchev–Trinajstić information content (AvgIpc) is 2.45. The maximum atomic E-state index is 14.6. The van der Waals surface area contributed by atoms with E-state index in [-0.39, 0.29) is 23.7 Å². The molecule has 2 heteroatoms. The smallest absolute Gasteiger partial charge is 0.129 e. The van der Waals surface area contributed by atoms with Gasteiger partial charge in [-0.2, -0.15) is 0 Å². The Balaban J connectivity index is 3.34. The van der Waals surface area contributed by atoms with Gasteiger partial charge in [0.15, 0.2) is 0 Å². The summed E-state index contributed by atoms with van der Waals surface area (Å²) in [7, 11) is 0. The summed E-state index contributed by atoms with van der Waals surface area (Å²) < 4.78 is 28.6. The van der Waals surface area contributed by atoms with Crippen molar-refractivity contribution in [3.8, 4) is 0 Å². The lowest BCUT2D eigenvalue weighted by atomic mass is 9.66. The van der Waals surface area contributed by atoms with E-state index >= 15 is 0 Å². The quantitative estimate of drug-likeness (QED) is 0.351. The average molecular weight is 332 g/mol. The van der Waals surface area contributed by atoms with Crippen molar-refractivity contribution in [2.45, 2.75) is 47.5 Å². The molecule has 0 nitrogen and oxygen atoms in total. The molecule has 1 aliphatic carbocycles. The van der Waals surface area contributed by atoms with Crippen LogP contribution in [0.4, 0.5) is 8.78 Å². The first kappa shape index (κ1) is 20.3. The highest BCUT2D eigenvalue weighted by Crippen LogP contribution is 2.46. The van der Waals surface area contributed by atoms with Crippen LogP contribution in [0.1, 0.15) is 47.5 Å². The third-order valence-electron chi connectivity index (χ3n) is 4.29. The second-order valence-corrected chi connectivity index (χ2v) is 7.30. The Labute approximate surface area is 146 Å². The van der Waals surface area contributed by atoms with Gasteiger partial charge in [-0.25, -0.2) is 8.78 Å². The van der Waals surface area contributed by atoms with Gasteiger partial charge in [0.25, 0.3) is 0 Å². The van der Waals surface area contributed by atoms with E-state index in [4.69, 9.17) is 0 Å². The van der Waals surface area contributed by atoms with Gasteiger partial charge in [0.2, 0.25) is 0 Å². The second kappa shape index (κ2) is 8.96. The van der Waals surface area contributed by atoms with E-state index in [0.717, 1.165) is 12.5 Å². The highest BCUT2D eigenvalue weighted by atomic mass is 19.1. The predicted octanol–water partition coefficient (Wildman–Crippen LogP) is 7.40. The zero-order valence-corrected chi connectivity index (χ0v) is 15.6. The van der Waals surface area contributed by atoms with Gasteiger partial charge in [0, 0.05) is 18.4 Å². The Kier molecular flexibility index (Phi) is 7.59. The van der Waals surface area contributed by atoms with E-state index in [1.807, 2.05) is 25.2 Å². The molecule has 0 spiro atoms. The van der Waals surface area contributed by atoms with Crippen LogP contribution in [0.2, 0.25) is 0 Å². The van der Waals surface area contributed by atoms with Crippen molar-refractivity contribution in [1.29, 1.82) is 0 Å². The molecule has 0 N–H and O–H groups in total. The van der Waals surface area contributed by atoms with Gasteiger partial charge in [-0.1, -0.05) is 70.7 Å². The largest absolute Gasteiger partial charge is 0.212 e. The number of hydrogen-bond acceptors (Lipinski definition) is 0. The molecule has 1 aliphatic rings. The van der Waals surface area contributed by atoms with Gasteiger partial charge in [0.1, 0.15) is 11.7 Å². The summed E-state index contributed by atoms with van der Waals surface area (Å²) in [6.45, 7) is 14.3. The van der Waals surface area contributed by atoms with Crippen LogP contribution in [0.25, 0.3) is 0 Å². The normalized spacial score (nSPS) is 21.1. The molecule has 132 valence electrons. The maximum Gasteiger partial charge on any atom is 0.129 e. The van der Waals surface area contributed by atoms with E-state index in [0.29, 0.717) is 11.1 Å². The first-order valence-corrected chi connectivity index (χ1v) is 8.63. The van der Waals surface area contributed by atoms with Crippen LogP contribution in [0, 0.1) is 17.3 Å². The molecule has 2 atom stereocenters. The number of allylic oxidation sites excluding steroid dienone is 11. The Morgan fingerprint density at radius 2 is 2.00 bits per heavy atom. The molecule has 0 aliphatic heterocycles. The van der Waals surface area contributed by atoms with Crippen LogP contribution >= 0.6 is 0 Å². The molecule has 0 fully saturated rings. The van der Waals surface area contributed by atoms with E-state index in [2.05, 4.69) is 46.4 Å². The molecule has 2 unspecified atom stereocenters. The predicted molar refractivity (Wildman–Crippen MR) is 101 cm³/mol. The Morgan fingerprint density at radius 1 is 1.33 bits per heavy atom. The van der Waals surface area contributed by atoms with Crippen molar-refractivity contribution in [1.82, 2.24) is 0 Å². The number of rotatable bonds is 6. The minimum atomic E-state index is -0.502. The van der Waals surface area contributed by atoms with Gasteiger partial charge >= 0.3 is 0 Å². The van der Waals surface area contributed by atoms with Crippen LogP contribution in [0.5, 0.6) is 0 Å². The molecule has 0 aromatic heterocycles. The Morgan fingerprint density at radius 3 is 2.54 bits per heavy atom. The lowest BCUT2D eigenvalue weighted by molar-refractivity contribution is 0.218. The van der Waals surface area contributed by atoms with Crippen molar-refractivity contribution in [3.05, 3.63) is 71.9 Å². The van der Waals surface area contributed by atoms with Crippen LogP contribution in [-0.4, -0.2) is 0 Å². The minimum absolute atomic E-state index is 0.0320. The lowest BCUT2D eigenvalue weighted by Gasteiger charge is -2.38. The van der Waals surface area contributed by atoms with Gasteiger partial charge in [0.05, 0.1) is 0 Å². The molecule has 0 amide bonds. The van der Waals surface area contributed by atoms with Crippen LogP contribution in [0.15, 0.2) is 71.9 Å². The molecule has 0 bridgehead atoms. The molecule has 0 saturated heterocycles. The zero-order valence-electron chi connectivity index (χ0n) is 15.6. The SMILES string of the molecule is C=C(/C=C\C=C/C)C1=C(F)C=C(F)CC1C(C=CCC)C(C)(C)C. The molecular formula is C22H30F2. The minimum Gasteiger partial charge on any atom is -0.212 e. The monoisotopic (exact) mass is 332 g/mol. The topological polar surface area (TPSA) is 0 Å². The summed E-state index contributed by atoms with van der Waals surface area (Å²) in [6, 6.07) is 0. The molecule has 0 heterocycles. The van der Waals surface area contributed by atoms with Crippen molar-refractivity contribution < 1.29 is 8.78 Å².